The Morgan fingerprint density at radius 3 is 2.60 bits per heavy atom. The van der Waals surface area contributed by atoms with E-state index in [2.05, 4.69) is 14.9 Å². The molecule has 15 heavy (non-hydrogen) atoms. The zero-order valence-corrected chi connectivity index (χ0v) is 9.32. The Morgan fingerprint density at radius 2 is 1.93 bits per heavy atom. The molecular formula is C11H14ClN3. The van der Waals surface area contributed by atoms with E-state index in [0.717, 1.165) is 30.7 Å². The first-order valence-corrected chi connectivity index (χ1v) is 5.93. The van der Waals surface area contributed by atoms with Gasteiger partial charge in [0, 0.05) is 19.2 Å². The van der Waals surface area contributed by atoms with E-state index >= 15 is 0 Å². The molecule has 0 spiro atoms. The van der Waals surface area contributed by atoms with Gasteiger partial charge in [0.15, 0.2) is 0 Å². The molecule has 4 heteroatoms. The van der Waals surface area contributed by atoms with Crippen LogP contribution in [0.5, 0.6) is 0 Å². The predicted octanol–water partition coefficient (Wildman–Crippen LogP) is 2.37. The van der Waals surface area contributed by atoms with Crippen molar-refractivity contribution in [2.45, 2.75) is 19.3 Å². The van der Waals surface area contributed by atoms with Crippen molar-refractivity contribution in [2.75, 3.05) is 18.0 Å². The van der Waals surface area contributed by atoms with Gasteiger partial charge in [-0.2, -0.15) is 0 Å². The lowest BCUT2D eigenvalue weighted by atomic mass is 10.0. The first kappa shape index (κ1) is 9.40. The molecule has 1 aromatic heterocycles. The summed E-state index contributed by atoms with van der Waals surface area (Å²) in [7, 11) is 0. The molecule has 1 aliphatic heterocycles. The second kappa shape index (κ2) is 3.63. The molecule has 1 saturated carbocycles. The average molecular weight is 224 g/mol. The van der Waals surface area contributed by atoms with Gasteiger partial charge >= 0.3 is 0 Å². The Morgan fingerprint density at radius 1 is 1.20 bits per heavy atom. The van der Waals surface area contributed by atoms with Crippen molar-refractivity contribution in [3.8, 4) is 0 Å². The normalized spacial score (nSPS) is 29.5. The van der Waals surface area contributed by atoms with Crippen LogP contribution >= 0.6 is 11.6 Å². The van der Waals surface area contributed by atoms with E-state index in [4.69, 9.17) is 11.6 Å². The van der Waals surface area contributed by atoms with E-state index in [1.165, 1.54) is 19.3 Å². The van der Waals surface area contributed by atoms with Gasteiger partial charge in [-0.25, -0.2) is 9.97 Å². The van der Waals surface area contributed by atoms with E-state index in [1.807, 2.05) is 6.07 Å². The highest BCUT2D eigenvalue weighted by atomic mass is 35.5. The third-order valence-corrected chi connectivity index (χ3v) is 3.88. The molecule has 3 nitrogen and oxygen atoms in total. The fraction of sp³-hybridized carbons (Fsp3) is 0.636. The summed E-state index contributed by atoms with van der Waals surface area (Å²) >= 11 is 5.87. The summed E-state index contributed by atoms with van der Waals surface area (Å²) in [5, 5.41) is 0.539. The van der Waals surface area contributed by atoms with Crippen LogP contribution in [0.15, 0.2) is 12.4 Å². The Labute approximate surface area is 94.5 Å². The van der Waals surface area contributed by atoms with Gasteiger partial charge in [-0.05, 0) is 24.7 Å². The third kappa shape index (κ3) is 1.69. The maximum absolute atomic E-state index is 5.87. The van der Waals surface area contributed by atoms with Crippen LogP contribution in [0.3, 0.4) is 0 Å². The Kier molecular flexibility index (Phi) is 2.28. The zero-order chi connectivity index (χ0) is 10.3. The molecule has 3 rings (SSSR count). The summed E-state index contributed by atoms with van der Waals surface area (Å²) in [6, 6.07) is 1.86. The predicted molar refractivity (Wildman–Crippen MR) is 60.1 cm³/mol. The number of aromatic nitrogens is 2. The van der Waals surface area contributed by atoms with Crippen molar-refractivity contribution in [1.29, 1.82) is 0 Å². The maximum Gasteiger partial charge on any atom is 0.134 e. The van der Waals surface area contributed by atoms with E-state index in [9.17, 15) is 0 Å². The highest BCUT2D eigenvalue weighted by molar-refractivity contribution is 6.29. The van der Waals surface area contributed by atoms with Crippen molar-refractivity contribution in [1.82, 2.24) is 9.97 Å². The molecule has 0 N–H and O–H groups in total. The Balaban J connectivity index is 1.79. The van der Waals surface area contributed by atoms with Crippen LogP contribution in [0, 0.1) is 11.8 Å². The highest BCUT2D eigenvalue weighted by Gasteiger charge is 2.36. The first-order chi connectivity index (χ1) is 7.33. The fourth-order valence-electron chi connectivity index (χ4n) is 2.92. The van der Waals surface area contributed by atoms with Gasteiger partial charge in [0.25, 0.3) is 0 Å². The summed E-state index contributed by atoms with van der Waals surface area (Å²) in [6.07, 6.45) is 5.74. The largest absolute Gasteiger partial charge is 0.356 e. The van der Waals surface area contributed by atoms with Crippen molar-refractivity contribution in [3.05, 3.63) is 17.5 Å². The summed E-state index contributed by atoms with van der Waals surface area (Å²) in [5.74, 6) is 2.77. The minimum atomic E-state index is 0.539. The number of anilines is 1. The molecule has 0 unspecified atom stereocenters. The van der Waals surface area contributed by atoms with Crippen molar-refractivity contribution in [3.63, 3.8) is 0 Å². The van der Waals surface area contributed by atoms with Crippen LogP contribution in [-0.2, 0) is 0 Å². The standard InChI is InChI=1S/C11H14ClN3/c12-10-4-11(14-7-13-10)15-5-8-2-1-3-9(8)6-15/h4,7-9H,1-3,5-6H2/t8-,9-/m1/s1. The van der Waals surface area contributed by atoms with Crippen LogP contribution in [0.2, 0.25) is 5.15 Å². The summed E-state index contributed by atoms with van der Waals surface area (Å²) in [4.78, 5) is 10.5. The van der Waals surface area contributed by atoms with Gasteiger partial charge in [-0.3, -0.25) is 0 Å². The van der Waals surface area contributed by atoms with Crippen LogP contribution in [-0.4, -0.2) is 23.1 Å². The molecule has 0 amide bonds. The van der Waals surface area contributed by atoms with Gasteiger partial charge in [-0.1, -0.05) is 18.0 Å². The van der Waals surface area contributed by atoms with Crippen LogP contribution in [0.4, 0.5) is 5.82 Å². The number of nitrogens with zero attached hydrogens (tertiary/aromatic N) is 3. The number of rotatable bonds is 1. The number of halogens is 1. The van der Waals surface area contributed by atoms with Crippen molar-refractivity contribution >= 4 is 17.4 Å². The topological polar surface area (TPSA) is 29.0 Å². The molecule has 2 atom stereocenters. The van der Waals surface area contributed by atoms with E-state index in [0.29, 0.717) is 5.15 Å². The molecule has 1 saturated heterocycles. The lowest BCUT2D eigenvalue weighted by Gasteiger charge is -2.17. The van der Waals surface area contributed by atoms with Gasteiger partial charge in [-0.15, -0.1) is 0 Å². The summed E-state index contributed by atoms with van der Waals surface area (Å²) < 4.78 is 0. The van der Waals surface area contributed by atoms with Gasteiger partial charge in [0.2, 0.25) is 0 Å². The third-order valence-electron chi connectivity index (χ3n) is 3.67. The molecule has 0 aromatic carbocycles. The van der Waals surface area contributed by atoms with E-state index < -0.39 is 0 Å². The molecule has 2 aliphatic rings. The summed E-state index contributed by atoms with van der Waals surface area (Å²) in [5.41, 5.74) is 0. The second-order valence-corrected chi connectivity index (χ2v) is 4.94. The summed E-state index contributed by atoms with van der Waals surface area (Å²) in [6.45, 7) is 2.30. The van der Waals surface area contributed by atoms with Gasteiger partial charge in [0.05, 0.1) is 0 Å². The molecular weight excluding hydrogens is 210 g/mol. The van der Waals surface area contributed by atoms with Crippen LogP contribution in [0.1, 0.15) is 19.3 Å². The molecule has 2 fully saturated rings. The lowest BCUT2D eigenvalue weighted by Crippen LogP contribution is -2.21. The quantitative estimate of drug-likeness (QED) is 0.685. The minimum absolute atomic E-state index is 0.539. The second-order valence-electron chi connectivity index (χ2n) is 4.55. The minimum Gasteiger partial charge on any atom is -0.356 e. The van der Waals surface area contributed by atoms with Crippen molar-refractivity contribution in [2.24, 2.45) is 11.8 Å². The zero-order valence-electron chi connectivity index (χ0n) is 8.56. The number of hydrogen-bond donors (Lipinski definition) is 0. The van der Waals surface area contributed by atoms with Crippen molar-refractivity contribution < 1.29 is 0 Å². The molecule has 2 heterocycles. The molecule has 0 radical (unpaired) electrons. The SMILES string of the molecule is Clc1cc(N2C[C@H]3CCC[C@@H]3C2)ncn1. The monoisotopic (exact) mass is 223 g/mol. The van der Waals surface area contributed by atoms with Crippen LogP contribution < -0.4 is 4.90 Å². The van der Waals surface area contributed by atoms with Gasteiger partial charge < -0.3 is 4.90 Å². The molecule has 0 bridgehead atoms. The van der Waals surface area contributed by atoms with E-state index in [-0.39, 0.29) is 0 Å². The Bertz CT molecular complexity index is 357. The average Bonchev–Trinajstić information content (AvgIpc) is 2.76. The lowest BCUT2D eigenvalue weighted by molar-refractivity contribution is 0.494. The number of hydrogen-bond acceptors (Lipinski definition) is 3. The molecule has 80 valence electrons. The van der Waals surface area contributed by atoms with Gasteiger partial charge in [0.1, 0.15) is 17.3 Å². The maximum atomic E-state index is 5.87. The highest BCUT2D eigenvalue weighted by Crippen LogP contribution is 2.39. The fourth-order valence-corrected chi connectivity index (χ4v) is 3.06. The van der Waals surface area contributed by atoms with Crippen LogP contribution in [0.25, 0.3) is 0 Å². The smallest absolute Gasteiger partial charge is 0.134 e. The molecule has 1 aliphatic carbocycles. The molecule has 1 aromatic rings. The first-order valence-electron chi connectivity index (χ1n) is 5.55. The van der Waals surface area contributed by atoms with E-state index in [1.54, 1.807) is 6.33 Å². The number of fused-ring (bicyclic) bond motifs is 1. The Hall–Kier alpha value is -0.830.